The summed E-state index contributed by atoms with van der Waals surface area (Å²) in [6.45, 7) is 0. The summed E-state index contributed by atoms with van der Waals surface area (Å²) in [7, 11) is 0. The van der Waals surface area contributed by atoms with Crippen molar-refractivity contribution >= 4 is 11.8 Å². The Labute approximate surface area is 99.2 Å². The number of aliphatic hydroxyl groups is 1. The highest BCUT2D eigenvalue weighted by atomic mass is 32.2. The van der Waals surface area contributed by atoms with Crippen LogP contribution in [0.15, 0.2) is 70.5 Å². The second-order valence-corrected chi connectivity index (χ2v) is 3.98. The maximum absolute atomic E-state index is 6.88. The minimum Gasteiger partial charge on any atom is -0.443 e. The topological polar surface area (TPSA) is 44.0 Å². The average Bonchev–Trinajstić information content (AvgIpc) is 2.33. The van der Waals surface area contributed by atoms with Crippen molar-refractivity contribution in [1.82, 2.24) is 0 Å². The highest BCUT2D eigenvalue weighted by Crippen LogP contribution is 2.26. The Balaban J connectivity index is 0.000000386. The third kappa shape index (κ3) is 4.54. The summed E-state index contributed by atoms with van der Waals surface area (Å²) >= 11 is 1.79. The van der Waals surface area contributed by atoms with Gasteiger partial charge in [-0.3, -0.25) is 0 Å². The van der Waals surface area contributed by atoms with Gasteiger partial charge < -0.3 is 5.11 Å². The second-order valence-electron chi connectivity index (χ2n) is 2.83. The Morgan fingerprint density at radius 3 is 1.44 bits per heavy atom. The molecule has 0 saturated carbocycles. The summed E-state index contributed by atoms with van der Waals surface area (Å²) in [6, 6.07) is 20.8. The van der Waals surface area contributed by atoms with E-state index in [1.165, 1.54) is 9.79 Å². The van der Waals surface area contributed by atoms with Gasteiger partial charge in [0.15, 0.2) is 0 Å². The fourth-order valence-electron chi connectivity index (χ4n) is 1.11. The van der Waals surface area contributed by atoms with Gasteiger partial charge in [0.05, 0.1) is 0 Å². The fraction of sp³-hybridized carbons (Fsp3) is 0. The summed E-state index contributed by atoms with van der Waals surface area (Å²) in [5, 5.41) is 13.8. The van der Waals surface area contributed by atoms with E-state index in [9.17, 15) is 0 Å². The van der Waals surface area contributed by atoms with Crippen molar-refractivity contribution < 1.29 is 5.11 Å². The molecule has 0 saturated heterocycles. The highest BCUT2D eigenvalue weighted by Gasteiger charge is 1.93. The molecule has 3 heteroatoms. The molecule has 0 radical (unpaired) electrons. The van der Waals surface area contributed by atoms with E-state index < -0.39 is 0 Å². The molecule has 1 N–H and O–H groups in total. The molecule has 0 aliphatic carbocycles. The normalized spacial score (nSPS) is 8.44. The van der Waals surface area contributed by atoms with Gasteiger partial charge in [0.25, 0.3) is 6.26 Å². The molecular formula is C13H11NOS. The largest absolute Gasteiger partial charge is 0.443 e. The number of hydrogen-bond acceptors (Lipinski definition) is 3. The van der Waals surface area contributed by atoms with Crippen LogP contribution in [-0.2, 0) is 0 Å². The Bertz CT molecular complexity index is 399. The van der Waals surface area contributed by atoms with Gasteiger partial charge in [-0.05, 0) is 24.3 Å². The van der Waals surface area contributed by atoms with E-state index in [4.69, 9.17) is 10.4 Å². The maximum atomic E-state index is 6.88. The summed E-state index contributed by atoms with van der Waals surface area (Å²) in [5.41, 5.74) is 0. The van der Waals surface area contributed by atoms with Gasteiger partial charge in [-0.15, -0.1) is 0 Å². The molecule has 16 heavy (non-hydrogen) atoms. The number of hydrogen-bond donors (Lipinski definition) is 1. The Hall–Kier alpha value is -1.92. The average molecular weight is 229 g/mol. The molecule has 0 atom stereocenters. The number of aliphatic hydroxyl groups excluding tert-OH is 1. The molecule has 0 heterocycles. The van der Waals surface area contributed by atoms with Crippen molar-refractivity contribution in [3.05, 3.63) is 60.7 Å². The second kappa shape index (κ2) is 7.38. The lowest BCUT2D eigenvalue weighted by Gasteiger charge is -1.99. The summed E-state index contributed by atoms with van der Waals surface area (Å²) in [6.07, 6.45) is 0.750. The SMILES string of the molecule is N#CO.c1ccc(Sc2ccccc2)cc1. The lowest BCUT2D eigenvalue weighted by Crippen LogP contribution is -1.70. The molecule has 0 fully saturated rings. The minimum atomic E-state index is 0.750. The first-order valence-corrected chi connectivity index (χ1v) is 5.49. The molecule has 0 unspecified atom stereocenters. The summed E-state index contributed by atoms with van der Waals surface area (Å²) < 4.78 is 0. The Morgan fingerprint density at radius 2 is 1.12 bits per heavy atom. The van der Waals surface area contributed by atoms with E-state index in [1.54, 1.807) is 11.8 Å². The first-order valence-electron chi connectivity index (χ1n) is 4.68. The lowest BCUT2D eigenvalue weighted by molar-refractivity contribution is 0.503. The van der Waals surface area contributed by atoms with Crippen molar-refractivity contribution in [3.63, 3.8) is 0 Å². The van der Waals surface area contributed by atoms with E-state index in [0.29, 0.717) is 0 Å². The van der Waals surface area contributed by atoms with Crippen LogP contribution in [0.2, 0.25) is 0 Å². The van der Waals surface area contributed by atoms with E-state index in [1.807, 2.05) is 12.1 Å². The molecule has 80 valence electrons. The molecule has 0 aromatic heterocycles. The Morgan fingerprint density at radius 1 is 0.812 bits per heavy atom. The van der Waals surface area contributed by atoms with Crippen LogP contribution in [0.1, 0.15) is 0 Å². The zero-order valence-corrected chi connectivity index (χ0v) is 9.39. The van der Waals surface area contributed by atoms with E-state index >= 15 is 0 Å². The summed E-state index contributed by atoms with van der Waals surface area (Å²) in [4.78, 5) is 2.57. The molecule has 0 amide bonds. The Kier molecular flexibility index (Phi) is 5.61. The lowest BCUT2D eigenvalue weighted by atomic mass is 10.4. The van der Waals surface area contributed by atoms with Crippen molar-refractivity contribution in [2.75, 3.05) is 0 Å². The predicted molar refractivity (Wildman–Crippen MR) is 64.6 cm³/mol. The quantitative estimate of drug-likeness (QED) is 0.799. The standard InChI is InChI=1S/C12H10S.CHNO/c1-3-7-11(8-4-1)13-12-9-5-2-6-10-12;2-1-3/h1-10H;3H. The molecular weight excluding hydrogens is 218 g/mol. The molecule has 2 rings (SSSR count). The van der Waals surface area contributed by atoms with Gasteiger partial charge in [0.1, 0.15) is 0 Å². The molecule has 2 aromatic carbocycles. The van der Waals surface area contributed by atoms with Crippen LogP contribution in [0.5, 0.6) is 0 Å². The van der Waals surface area contributed by atoms with Crippen LogP contribution in [0.3, 0.4) is 0 Å². The van der Waals surface area contributed by atoms with Gasteiger partial charge in [-0.1, -0.05) is 48.2 Å². The fourth-order valence-corrected chi connectivity index (χ4v) is 1.97. The van der Waals surface area contributed by atoms with Crippen molar-refractivity contribution in [3.8, 4) is 6.26 Å². The third-order valence-electron chi connectivity index (χ3n) is 1.72. The van der Waals surface area contributed by atoms with Crippen molar-refractivity contribution in [1.29, 1.82) is 5.26 Å². The van der Waals surface area contributed by atoms with Gasteiger partial charge in [0, 0.05) is 9.79 Å². The van der Waals surface area contributed by atoms with E-state index in [-0.39, 0.29) is 0 Å². The molecule has 2 nitrogen and oxygen atoms in total. The number of rotatable bonds is 2. The maximum Gasteiger partial charge on any atom is 0.283 e. The van der Waals surface area contributed by atoms with Crippen LogP contribution >= 0.6 is 11.8 Å². The molecule has 2 aromatic rings. The number of benzene rings is 2. The molecule has 0 aliphatic rings. The van der Waals surface area contributed by atoms with Gasteiger partial charge in [0.2, 0.25) is 0 Å². The van der Waals surface area contributed by atoms with Gasteiger partial charge >= 0.3 is 0 Å². The van der Waals surface area contributed by atoms with Crippen LogP contribution in [0.25, 0.3) is 0 Å². The summed E-state index contributed by atoms with van der Waals surface area (Å²) in [5.74, 6) is 0. The van der Waals surface area contributed by atoms with Crippen molar-refractivity contribution in [2.24, 2.45) is 0 Å². The van der Waals surface area contributed by atoms with Crippen LogP contribution in [-0.4, -0.2) is 5.11 Å². The van der Waals surface area contributed by atoms with Crippen LogP contribution in [0, 0.1) is 11.5 Å². The van der Waals surface area contributed by atoms with Crippen LogP contribution in [0.4, 0.5) is 0 Å². The predicted octanol–water partition coefficient (Wildman–Crippen LogP) is 3.68. The number of nitrogens with zero attached hydrogens (tertiary/aromatic N) is 1. The number of nitriles is 1. The van der Waals surface area contributed by atoms with Crippen LogP contribution < -0.4 is 0 Å². The zero-order chi connectivity index (χ0) is 11.6. The van der Waals surface area contributed by atoms with Crippen molar-refractivity contribution in [2.45, 2.75) is 9.79 Å². The zero-order valence-electron chi connectivity index (χ0n) is 8.58. The van der Waals surface area contributed by atoms with E-state index in [2.05, 4.69) is 48.5 Å². The molecule has 0 bridgehead atoms. The minimum absolute atomic E-state index is 0.750. The van der Waals surface area contributed by atoms with Gasteiger partial charge in [-0.2, -0.15) is 5.26 Å². The van der Waals surface area contributed by atoms with E-state index in [0.717, 1.165) is 6.26 Å². The molecule has 0 aliphatic heterocycles. The smallest absolute Gasteiger partial charge is 0.283 e. The monoisotopic (exact) mass is 229 g/mol. The highest BCUT2D eigenvalue weighted by molar-refractivity contribution is 7.99. The first kappa shape index (κ1) is 12.2. The first-order chi connectivity index (χ1) is 7.86. The molecule has 0 spiro atoms. The van der Waals surface area contributed by atoms with Gasteiger partial charge in [-0.25, -0.2) is 0 Å². The third-order valence-corrected chi connectivity index (χ3v) is 2.74.